The first-order valence-electron chi connectivity index (χ1n) is 9.46. The summed E-state index contributed by atoms with van der Waals surface area (Å²) in [5, 5.41) is 2.06. The number of amides is 1. The Morgan fingerprint density at radius 1 is 1.04 bits per heavy atom. The highest BCUT2D eigenvalue weighted by molar-refractivity contribution is 7.09. The summed E-state index contributed by atoms with van der Waals surface area (Å²) in [4.78, 5) is 21.0. The summed E-state index contributed by atoms with van der Waals surface area (Å²) in [6, 6.07) is 22.4. The van der Waals surface area contributed by atoms with Crippen molar-refractivity contribution < 1.29 is 4.79 Å². The van der Waals surface area contributed by atoms with Crippen LogP contribution in [0.4, 0.5) is 0 Å². The van der Waals surface area contributed by atoms with Gasteiger partial charge in [-0.3, -0.25) is 4.79 Å². The molecule has 142 valence electrons. The van der Waals surface area contributed by atoms with Gasteiger partial charge in [-0.15, -0.1) is 11.3 Å². The second kappa shape index (κ2) is 8.40. The first-order chi connectivity index (χ1) is 13.7. The lowest BCUT2D eigenvalue weighted by atomic mass is 10.1. The van der Waals surface area contributed by atoms with Crippen molar-refractivity contribution in [1.29, 1.82) is 0 Å². The average molecular weight is 390 g/mol. The number of hydrogen-bond donors (Lipinski definition) is 0. The number of fused-ring (bicyclic) bond motifs is 1. The quantitative estimate of drug-likeness (QED) is 0.460. The summed E-state index contributed by atoms with van der Waals surface area (Å²) in [5.41, 5.74) is 3.19. The van der Waals surface area contributed by atoms with E-state index in [2.05, 4.69) is 28.6 Å². The number of aryl methyl sites for hydroxylation is 1. The molecule has 0 spiro atoms. The fraction of sp³-hybridized carbons (Fsp3) is 0.217. The average Bonchev–Trinajstić information content (AvgIpc) is 3.34. The smallest absolute Gasteiger partial charge is 0.242 e. The molecule has 2 aromatic carbocycles. The summed E-state index contributed by atoms with van der Waals surface area (Å²) in [6.07, 6.45) is 0.849. The Kier molecular flexibility index (Phi) is 5.53. The zero-order valence-electron chi connectivity index (χ0n) is 15.9. The molecule has 5 heteroatoms. The van der Waals surface area contributed by atoms with Crippen molar-refractivity contribution in [3.8, 4) is 0 Å². The molecule has 4 nitrogen and oxygen atoms in total. The third-order valence-corrected chi connectivity index (χ3v) is 5.79. The molecule has 0 saturated carbocycles. The van der Waals surface area contributed by atoms with Crippen molar-refractivity contribution in [2.24, 2.45) is 0 Å². The molecule has 1 amide bonds. The minimum atomic E-state index is 0.121. The second-order valence-electron chi connectivity index (χ2n) is 6.86. The molecule has 0 fully saturated rings. The molecule has 0 atom stereocenters. The zero-order valence-corrected chi connectivity index (χ0v) is 16.7. The summed E-state index contributed by atoms with van der Waals surface area (Å²) < 4.78 is 2.02. The van der Waals surface area contributed by atoms with Gasteiger partial charge in [-0.05, 0) is 42.5 Å². The topological polar surface area (TPSA) is 38.1 Å². The molecule has 0 N–H and O–H groups in total. The number of hydrogen-bond acceptors (Lipinski definition) is 3. The standard InChI is InChI=1S/C23H23N3OS/c1-18-24-21-11-5-6-12-22(21)26(18)17-23(27)25(16-20-10-7-15-28-20)14-13-19-8-3-2-4-9-19/h2-12,15H,13-14,16-17H2,1H3. The van der Waals surface area contributed by atoms with Crippen LogP contribution in [0, 0.1) is 6.92 Å². The Bertz CT molecular complexity index is 1050. The molecule has 0 unspecified atom stereocenters. The molecular formula is C23H23N3OS. The maximum Gasteiger partial charge on any atom is 0.242 e. The van der Waals surface area contributed by atoms with Crippen LogP contribution < -0.4 is 0 Å². The Labute approximate surface area is 169 Å². The third-order valence-electron chi connectivity index (χ3n) is 4.93. The number of rotatable bonds is 7. The summed E-state index contributed by atoms with van der Waals surface area (Å²) >= 11 is 1.69. The van der Waals surface area contributed by atoms with Crippen molar-refractivity contribution in [1.82, 2.24) is 14.5 Å². The van der Waals surface area contributed by atoms with E-state index in [0.29, 0.717) is 19.6 Å². The minimum absolute atomic E-state index is 0.121. The van der Waals surface area contributed by atoms with E-state index >= 15 is 0 Å². The van der Waals surface area contributed by atoms with Crippen molar-refractivity contribution in [3.05, 3.63) is 88.4 Å². The second-order valence-corrected chi connectivity index (χ2v) is 7.90. The van der Waals surface area contributed by atoms with E-state index in [1.165, 1.54) is 10.4 Å². The summed E-state index contributed by atoms with van der Waals surface area (Å²) in [6.45, 7) is 3.62. The molecule has 0 aliphatic carbocycles. The van der Waals surface area contributed by atoms with E-state index in [0.717, 1.165) is 23.3 Å². The van der Waals surface area contributed by atoms with Gasteiger partial charge in [0, 0.05) is 11.4 Å². The molecule has 2 aromatic heterocycles. The van der Waals surface area contributed by atoms with Crippen LogP contribution in [-0.4, -0.2) is 26.9 Å². The minimum Gasteiger partial charge on any atom is -0.336 e. The number of nitrogens with zero attached hydrogens (tertiary/aromatic N) is 3. The number of aromatic nitrogens is 2. The van der Waals surface area contributed by atoms with Gasteiger partial charge in [0.25, 0.3) is 0 Å². The lowest BCUT2D eigenvalue weighted by Crippen LogP contribution is -2.35. The van der Waals surface area contributed by atoms with Gasteiger partial charge in [-0.25, -0.2) is 4.98 Å². The molecule has 0 aliphatic rings. The van der Waals surface area contributed by atoms with Crippen molar-refractivity contribution in [2.75, 3.05) is 6.54 Å². The number of para-hydroxylation sites is 2. The van der Waals surface area contributed by atoms with Gasteiger partial charge in [-0.1, -0.05) is 48.5 Å². The van der Waals surface area contributed by atoms with Gasteiger partial charge >= 0.3 is 0 Å². The maximum absolute atomic E-state index is 13.2. The van der Waals surface area contributed by atoms with Crippen LogP contribution in [-0.2, 0) is 24.3 Å². The van der Waals surface area contributed by atoms with Crippen LogP contribution in [0.2, 0.25) is 0 Å². The van der Waals surface area contributed by atoms with Crippen LogP contribution in [0.1, 0.15) is 16.3 Å². The van der Waals surface area contributed by atoms with Crippen LogP contribution in [0.25, 0.3) is 11.0 Å². The van der Waals surface area contributed by atoms with E-state index in [1.807, 2.05) is 64.9 Å². The number of carbonyl (C=O) groups is 1. The Morgan fingerprint density at radius 2 is 1.82 bits per heavy atom. The lowest BCUT2D eigenvalue weighted by Gasteiger charge is -2.23. The molecule has 4 rings (SSSR count). The van der Waals surface area contributed by atoms with Crippen LogP contribution in [0.15, 0.2) is 72.1 Å². The number of imidazole rings is 1. The number of thiophene rings is 1. The van der Waals surface area contributed by atoms with Crippen LogP contribution in [0.5, 0.6) is 0 Å². The van der Waals surface area contributed by atoms with E-state index in [1.54, 1.807) is 11.3 Å². The molecule has 28 heavy (non-hydrogen) atoms. The Balaban J connectivity index is 1.54. The highest BCUT2D eigenvalue weighted by Crippen LogP contribution is 2.17. The van der Waals surface area contributed by atoms with E-state index < -0.39 is 0 Å². The van der Waals surface area contributed by atoms with Gasteiger partial charge in [0.2, 0.25) is 5.91 Å². The van der Waals surface area contributed by atoms with Crippen molar-refractivity contribution in [2.45, 2.75) is 26.4 Å². The molecule has 2 heterocycles. The van der Waals surface area contributed by atoms with Gasteiger partial charge in [0.1, 0.15) is 12.4 Å². The van der Waals surface area contributed by atoms with E-state index in [-0.39, 0.29) is 5.91 Å². The zero-order chi connectivity index (χ0) is 19.3. The van der Waals surface area contributed by atoms with Gasteiger partial charge in [0.05, 0.1) is 17.6 Å². The van der Waals surface area contributed by atoms with E-state index in [9.17, 15) is 4.79 Å². The molecule has 0 bridgehead atoms. The highest BCUT2D eigenvalue weighted by Gasteiger charge is 2.18. The fourth-order valence-corrected chi connectivity index (χ4v) is 4.14. The highest BCUT2D eigenvalue weighted by atomic mass is 32.1. The first kappa shape index (κ1) is 18.4. The largest absolute Gasteiger partial charge is 0.336 e. The molecule has 0 saturated heterocycles. The third kappa shape index (κ3) is 4.15. The van der Waals surface area contributed by atoms with Crippen LogP contribution in [0.3, 0.4) is 0 Å². The summed E-state index contributed by atoms with van der Waals surface area (Å²) in [5.74, 6) is 0.990. The number of benzene rings is 2. The molecule has 4 aromatic rings. The predicted molar refractivity (Wildman–Crippen MR) is 114 cm³/mol. The van der Waals surface area contributed by atoms with Gasteiger partial charge < -0.3 is 9.47 Å². The number of carbonyl (C=O) groups excluding carboxylic acids is 1. The van der Waals surface area contributed by atoms with Crippen molar-refractivity contribution in [3.63, 3.8) is 0 Å². The SMILES string of the molecule is Cc1nc2ccccc2n1CC(=O)N(CCc1ccccc1)Cc1cccs1. The van der Waals surface area contributed by atoms with E-state index in [4.69, 9.17) is 0 Å². The predicted octanol–water partition coefficient (Wildman–Crippen LogP) is 4.68. The van der Waals surface area contributed by atoms with Gasteiger partial charge in [0.15, 0.2) is 0 Å². The van der Waals surface area contributed by atoms with Crippen LogP contribution >= 0.6 is 11.3 Å². The molecule has 0 aliphatic heterocycles. The summed E-state index contributed by atoms with van der Waals surface area (Å²) in [7, 11) is 0. The molecule has 0 radical (unpaired) electrons. The normalized spacial score (nSPS) is 11.0. The first-order valence-corrected chi connectivity index (χ1v) is 10.3. The van der Waals surface area contributed by atoms with Gasteiger partial charge in [-0.2, -0.15) is 0 Å². The fourth-order valence-electron chi connectivity index (χ4n) is 3.42. The van der Waals surface area contributed by atoms with Crippen molar-refractivity contribution >= 4 is 28.3 Å². The maximum atomic E-state index is 13.2. The molecular weight excluding hydrogens is 366 g/mol. The lowest BCUT2D eigenvalue weighted by molar-refractivity contribution is -0.132. The Morgan fingerprint density at radius 3 is 2.61 bits per heavy atom. The monoisotopic (exact) mass is 389 g/mol. The Hall–Kier alpha value is -2.92.